The van der Waals surface area contributed by atoms with Crippen molar-refractivity contribution < 1.29 is 9.90 Å². The van der Waals surface area contributed by atoms with Gasteiger partial charge in [-0.25, -0.2) is 14.6 Å². The van der Waals surface area contributed by atoms with E-state index in [1.165, 1.54) is 23.5 Å². The molecule has 1 aromatic carbocycles. The molecule has 3 N–H and O–H groups in total. The number of rotatable bonds is 7. The standard InChI is InChI=1S/C24H28N4O4/c1-2-4-16-5-3-6-17(13-16)14-28-23(31)20-22(27-24(28)32)26-21(25-20)18-10-7-15(8-11-18)9-12-19(29)30/h7-12,16-17H,2-6,13-14H2,1H3,(H,25,26)(H,27,32)(H,29,30). The average Bonchev–Trinajstić information content (AvgIpc) is 3.20. The van der Waals surface area contributed by atoms with Crippen LogP contribution < -0.4 is 11.2 Å². The SMILES string of the molecule is CCCC1CCCC(Cn2c(=O)[nH]c3[nH]c(-c4ccc(C=CC(=O)O)cc4)nc3c2=O)C1. The largest absolute Gasteiger partial charge is 0.478 e. The van der Waals surface area contributed by atoms with E-state index in [9.17, 15) is 14.4 Å². The molecular formula is C24H28N4O4. The fourth-order valence-corrected chi connectivity index (χ4v) is 4.73. The lowest BCUT2D eigenvalue weighted by Gasteiger charge is -2.29. The van der Waals surface area contributed by atoms with Crippen molar-refractivity contribution in [2.45, 2.75) is 52.0 Å². The first-order valence-corrected chi connectivity index (χ1v) is 11.2. The van der Waals surface area contributed by atoms with Crippen LogP contribution in [0.3, 0.4) is 0 Å². The first kappa shape index (κ1) is 21.8. The van der Waals surface area contributed by atoms with Gasteiger partial charge in [-0.1, -0.05) is 56.9 Å². The number of carboxylic acid groups (broad SMARTS) is 1. The lowest BCUT2D eigenvalue weighted by molar-refractivity contribution is -0.131. The fourth-order valence-electron chi connectivity index (χ4n) is 4.73. The maximum absolute atomic E-state index is 13.1. The molecule has 2 unspecified atom stereocenters. The Kier molecular flexibility index (Phi) is 6.39. The van der Waals surface area contributed by atoms with Crippen LogP contribution in [0.5, 0.6) is 0 Å². The second-order valence-corrected chi connectivity index (χ2v) is 8.64. The van der Waals surface area contributed by atoms with Crippen LogP contribution in [0.4, 0.5) is 0 Å². The van der Waals surface area contributed by atoms with Crippen LogP contribution in [0.15, 0.2) is 39.9 Å². The van der Waals surface area contributed by atoms with Gasteiger partial charge in [0.05, 0.1) is 0 Å². The van der Waals surface area contributed by atoms with Crippen molar-refractivity contribution in [3.8, 4) is 11.4 Å². The second-order valence-electron chi connectivity index (χ2n) is 8.64. The molecular weight excluding hydrogens is 408 g/mol. The number of benzene rings is 1. The third kappa shape index (κ3) is 4.74. The first-order valence-electron chi connectivity index (χ1n) is 11.2. The number of hydrogen-bond donors (Lipinski definition) is 3. The smallest absolute Gasteiger partial charge is 0.330 e. The van der Waals surface area contributed by atoms with Crippen molar-refractivity contribution in [1.82, 2.24) is 19.5 Å². The zero-order valence-corrected chi connectivity index (χ0v) is 18.1. The Morgan fingerprint density at radius 3 is 2.66 bits per heavy atom. The number of aliphatic carboxylic acids is 1. The van der Waals surface area contributed by atoms with E-state index in [-0.39, 0.29) is 11.1 Å². The summed E-state index contributed by atoms with van der Waals surface area (Å²) in [5, 5.41) is 8.74. The van der Waals surface area contributed by atoms with Crippen LogP contribution >= 0.6 is 0 Å². The molecule has 0 amide bonds. The van der Waals surface area contributed by atoms with Gasteiger partial charge in [0, 0.05) is 18.2 Å². The van der Waals surface area contributed by atoms with Gasteiger partial charge in [0.25, 0.3) is 5.56 Å². The van der Waals surface area contributed by atoms with E-state index >= 15 is 0 Å². The van der Waals surface area contributed by atoms with E-state index in [1.54, 1.807) is 24.3 Å². The van der Waals surface area contributed by atoms with Crippen LogP contribution in [0.25, 0.3) is 28.6 Å². The van der Waals surface area contributed by atoms with Crippen molar-refractivity contribution >= 4 is 23.2 Å². The minimum atomic E-state index is -1.01. The summed E-state index contributed by atoms with van der Waals surface area (Å²) in [6, 6.07) is 7.09. The molecule has 0 saturated heterocycles. The lowest BCUT2D eigenvalue weighted by atomic mass is 9.79. The molecule has 32 heavy (non-hydrogen) atoms. The topological polar surface area (TPSA) is 121 Å². The Labute approximate surface area is 185 Å². The summed E-state index contributed by atoms with van der Waals surface area (Å²) in [7, 11) is 0. The van der Waals surface area contributed by atoms with Gasteiger partial charge in [0.2, 0.25) is 0 Å². The molecule has 3 aromatic rings. The summed E-state index contributed by atoms with van der Waals surface area (Å²) in [4.78, 5) is 46.6. The Morgan fingerprint density at radius 1 is 1.19 bits per heavy atom. The van der Waals surface area contributed by atoms with Gasteiger partial charge in [0.1, 0.15) is 11.5 Å². The summed E-state index contributed by atoms with van der Waals surface area (Å²) in [5.74, 6) is 0.476. The molecule has 1 aliphatic rings. The average molecular weight is 437 g/mol. The molecule has 2 atom stereocenters. The monoisotopic (exact) mass is 436 g/mol. The Hall–Kier alpha value is -3.42. The highest BCUT2D eigenvalue weighted by Gasteiger charge is 2.23. The highest BCUT2D eigenvalue weighted by Crippen LogP contribution is 2.32. The normalized spacial score (nSPS) is 19.0. The minimum Gasteiger partial charge on any atom is -0.478 e. The molecule has 8 heteroatoms. The number of H-pyrrole nitrogens is 2. The van der Waals surface area contributed by atoms with Crippen LogP contribution in [0, 0.1) is 11.8 Å². The molecule has 168 valence electrons. The predicted molar refractivity (Wildman–Crippen MR) is 123 cm³/mol. The maximum atomic E-state index is 13.1. The van der Waals surface area contributed by atoms with Crippen molar-refractivity contribution in [3.05, 3.63) is 56.7 Å². The van der Waals surface area contributed by atoms with Crippen molar-refractivity contribution in [1.29, 1.82) is 0 Å². The fraction of sp³-hybridized carbons (Fsp3) is 0.417. The third-order valence-electron chi connectivity index (χ3n) is 6.26. The number of imidazole rings is 1. The third-order valence-corrected chi connectivity index (χ3v) is 6.26. The van der Waals surface area contributed by atoms with Crippen LogP contribution in [0.2, 0.25) is 0 Å². The van der Waals surface area contributed by atoms with Crippen LogP contribution in [-0.2, 0) is 11.3 Å². The number of nitrogens with one attached hydrogen (secondary N) is 2. The number of hydrogen-bond acceptors (Lipinski definition) is 4. The molecule has 4 rings (SSSR count). The molecule has 0 radical (unpaired) electrons. The van der Waals surface area contributed by atoms with Gasteiger partial charge in [-0.3, -0.25) is 14.3 Å². The Morgan fingerprint density at radius 2 is 1.94 bits per heavy atom. The van der Waals surface area contributed by atoms with Gasteiger partial charge in [-0.15, -0.1) is 0 Å². The van der Waals surface area contributed by atoms with Gasteiger partial charge in [0.15, 0.2) is 5.52 Å². The number of fused-ring (bicyclic) bond motifs is 1. The molecule has 0 spiro atoms. The van der Waals surface area contributed by atoms with E-state index in [0.29, 0.717) is 29.9 Å². The van der Waals surface area contributed by atoms with E-state index < -0.39 is 11.7 Å². The molecule has 0 aliphatic heterocycles. The van der Waals surface area contributed by atoms with Crippen molar-refractivity contribution in [3.63, 3.8) is 0 Å². The summed E-state index contributed by atoms with van der Waals surface area (Å²) >= 11 is 0. The van der Waals surface area contributed by atoms with E-state index in [0.717, 1.165) is 42.9 Å². The molecule has 2 aromatic heterocycles. The van der Waals surface area contributed by atoms with Gasteiger partial charge < -0.3 is 10.1 Å². The predicted octanol–water partition coefficient (Wildman–Crippen LogP) is 3.78. The quantitative estimate of drug-likeness (QED) is 0.487. The lowest BCUT2D eigenvalue weighted by Crippen LogP contribution is -2.38. The molecule has 0 bridgehead atoms. The number of carboxylic acids is 1. The zero-order chi connectivity index (χ0) is 22.7. The number of aromatic amines is 2. The molecule has 2 heterocycles. The van der Waals surface area contributed by atoms with E-state index in [1.807, 2.05) is 0 Å². The number of aromatic nitrogens is 4. The van der Waals surface area contributed by atoms with E-state index in [4.69, 9.17) is 5.11 Å². The van der Waals surface area contributed by atoms with Gasteiger partial charge in [-0.05, 0) is 36.3 Å². The minimum absolute atomic E-state index is 0.218. The summed E-state index contributed by atoms with van der Waals surface area (Å²) in [6.45, 7) is 2.62. The molecule has 8 nitrogen and oxygen atoms in total. The number of carbonyl (C=O) groups is 1. The second kappa shape index (κ2) is 9.38. The Balaban J connectivity index is 1.60. The Bertz CT molecular complexity index is 1250. The van der Waals surface area contributed by atoms with E-state index in [2.05, 4.69) is 21.9 Å². The van der Waals surface area contributed by atoms with Crippen molar-refractivity contribution in [2.75, 3.05) is 0 Å². The number of nitrogens with zero attached hydrogens (tertiary/aromatic N) is 2. The first-order chi connectivity index (χ1) is 15.4. The summed E-state index contributed by atoms with van der Waals surface area (Å²) in [6.07, 6.45) is 9.42. The molecule has 1 fully saturated rings. The maximum Gasteiger partial charge on any atom is 0.330 e. The summed E-state index contributed by atoms with van der Waals surface area (Å²) in [5.41, 5.74) is 1.21. The van der Waals surface area contributed by atoms with Gasteiger partial charge in [-0.2, -0.15) is 0 Å². The van der Waals surface area contributed by atoms with Crippen molar-refractivity contribution in [2.24, 2.45) is 11.8 Å². The molecule has 1 saturated carbocycles. The van der Waals surface area contributed by atoms with Crippen LogP contribution in [0.1, 0.15) is 51.0 Å². The highest BCUT2D eigenvalue weighted by atomic mass is 16.4. The summed E-state index contributed by atoms with van der Waals surface area (Å²) < 4.78 is 1.30. The molecule has 1 aliphatic carbocycles. The highest BCUT2D eigenvalue weighted by molar-refractivity contribution is 5.85. The van der Waals surface area contributed by atoms with Crippen LogP contribution in [-0.4, -0.2) is 30.6 Å². The zero-order valence-electron chi connectivity index (χ0n) is 18.1. The van der Waals surface area contributed by atoms with Gasteiger partial charge >= 0.3 is 11.7 Å².